The van der Waals surface area contributed by atoms with E-state index in [1.807, 2.05) is 13.0 Å². The molecule has 1 aromatic carbocycles. The van der Waals surface area contributed by atoms with E-state index in [1.54, 1.807) is 19.1 Å². The number of primary amides is 1. The second-order valence-corrected chi connectivity index (χ2v) is 6.48. The average molecular weight is 391 g/mol. The summed E-state index contributed by atoms with van der Waals surface area (Å²) in [6, 6.07) is 7.45. The van der Waals surface area contributed by atoms with Crippen molar-refractivity contribution in [3.05, 3.63) is 52.6 Å². The van der Waals surface area contributed by atoms with Gasteiger partial charge in [0.15, 0.2) is 11.6 Å². The average Bonchev–Trinajstić information content (AvgIpc) is 2.63. The van der Waals surface area contributed by atoms with Crippen molar-refractivity contribution in [2.45, 2.75) is 38.8 Å². The van der Waals surface area contributed by atoms with Gasteiger partial charge in [0.25, 0.3) is 0 Å². The van der Waals surface area contributed by atoms with Gasteiger partial charge in [-0.05, 0) is 31.5 Å². The standard InChI is InChI=1S/C19H20ClFN4O2/c1-3-16(25-11(2)8-17(23)26)14-6-7-15(20)19(18(14)21)27-13-5-4-12(9-22)24-10-13/h4-7,10-11,16,25H,3,8H2,1-2H3,(H2,23,26)/t11-,16+/m0/s1. The van der Waals surface area contributed by atoms with Crippen LogP contribution >= 0.6 is 11.6 Å². The van der Waals surface area contributed by atoms with Crippen LogP contribution < -0.4 is 15.8 Å². The summed E-state index contributed by atoms with van der Waals surface area (Å²) >= 11 is 6.11. The number of carbonyl (C=O) groups excluding carboxylic acids is 1. The van der Waals surface area contributed by atoms with Gasteiger partial charge in [0.1, 0.15) is 17.5 Å². The summed E-state index contributed by atoms with van der Waals surface area (Å²) in [5.74, 6) is -0.894. The maximum absolute atomic E-state index is 15.1. The van der Waals surface area contributed by atoms with E-state index >= 15 is 4.39 Å². The topological polar surface area (TPSA) is 101 Å². The zero-order valence-corrected chi connectivity index (χ0v) is 15.8. The Balaban J connectivity index is 2.29. The van der Waals surface area contributed by atoms with Gasteiger partial charge in [-0.3, -0.25) is 4.79 Å². The van der Waals surface area contributed by atoms with Crippen LogP contribution in [0.2, 0.25) is 5.02 Å². The molecule has 8 heteroatoms. The van der Waals surface area contributed by atoms with Crippen LogP contribution in [-0.2, 0) is 4.79 Å². The van der Waals surface area contributed by atoms with Crippen molar-refractivity contribution in [2.75, 3.05) is 0 Å². The third kappa shape index (κ3) is 5.39. The first kappa shape index (κ1) is 20.6. The number of nitriles is 1. The highest BCUT2D eigenvalue weighted by Crippen LogP contribution is 2.36. The van der Waals surface area contributed by atoms with Gasteiger partial charge >= 0.3 is 0 Å². The minimum absolute atomic E-state index is 0.112. The molecule has 0 aliphatic rings. The summed E-state index contributed by atoms with van der Waals surface area (Å²) in [5, 5.41) is 12.1. The maximum Gasteiger partial charge on any atom is 0.218 e. The first-order valence-corrected chi connectivity index (χ1v) is 8.79. The van der Waals surface area contributed by atoms with Crippen molar-refractivity contribution in [1.29, 1.82) is 5.26 Å². The predicted octanol–water partition coefficient (Wildman–Crippen LogP) is 3.84. The van der Waals surface area contributed by atoms with Gasteiger partial charge in [-0.2, -0.15) is 5.26 Å². The van der Waals surface area contributed by atoms with Crippen LogP contribution in [0.1, 0.15) is 44.0 Å². The van der Waals surface area contributed by atoms with E-state index < -0.39 is 11.7 Å². The smallest absolute Gasteiger partial charge is 0.218 e. The van der Waals surface area contributed by atoms with Gasteiger partial charge in [0.05, 0.1) is 11.2 Å². The molecule has 3 N–H and O–H groups in total. The Morgan fingerprint density at radius 3 is 2.74 bits per heavy atom. The third-order valence-electron chi connectivity index (χ3n) is 3.93. The van der Waals surface area contributed by atoms with Crippen LogP contribution in [0.15, 0.2) is 30.5 Å². The Hall–Kier alpha value is -2.69. The molecule has 1 amide bonds. The number of nitrogens with zero attached hydrogens (tertiary/aromatic N) is 2. The molecule has 1 heterocycles. The van der Waals surface area contributed by atoms with Crippen LogP contribution in [0.3, 0.4) is 0 Å². The highest BCUT2D eigenvalue weighted by atomic mass is 35.5. The fourth-order valence-electron chi connectivity index (χ4n) is 2.67. The molecule has 2 atom stereocenters. The van der Waals surface area contributed by atoms with E-state index in [9.17, 15) is 4.79 Å². The largest absolute Gasteiger partial charge is 0.451 e. The Morgan fingerprint density at radius 1 is 1.44 bits per heavy atom. The molecule has 6 nitrogen and oxygen atoms in total. The van der Waals surface area contributed by atoms with Crippen molar-refractivity contribution >= 4 is 17.5 Å². The number of ether oxygens (including phenoxy) is 1. The second-order valence-electron chi connectivity index (χ2n) is 6.07. The van der Waals surface area contributed by atoms with Crippen molar-refractivity contribution in [3.8, 4) is 17.6 Å². The van der Waals surface area contributed by atoms with E-state index in [0.717, 1.165) is 0 Å². The lowest BCUT2D eigenvalue weighted by Crippen LogP contribution is -2.34. The van der Waals surface area contributed by atoms with Gasteiger partial charge in [-0.1, -0.05) is 24.6 Å². The summed E-state index contributed by atoms with van der Waals surface area (Å²) < 4.78 is 20.7. The molecule has 0 saturated carbocycles. The molecule has 0 unspecified atom stereocenters. The molecule has 2 aromatic rings. The van der Waals surface area contributed by atoms with E-state index in [-0.39, 0.29) is 40.7 Å². The summed E-state index contributed by atoms with van der Waals surface area (Å²) in [4.78, 5) is 15.0. The van der Waals surface area contributed by atoms with Crippen LogP contribution in [0, 0.1) is 17.1 Å². The molecule has 0 saturated heterocycles. The molecule has 1 aromatic heterocycles. The van der Waals surface area contributed by atoms with Crippen molar-refractivity contribution in [1.82, 2.24) is 10.3 Å². The van der Waals surface area contributed by atoms with Crippen LogP contribution in [0.5, 0.6) is 11.5 Å². The minimum Gasteiger partial charge on any atom is -0.451 e. The Morgan fingerprint density at radius 2 is 2.19 bits per heavy atom. The molecule has 27 heavy (non-hydrogen) atoms. The molecule has 0 radical (unpaired) electrons. The van der Waals surface area contributed by atoms with Gasteiger partial charge in [-0.15, -0.1) is 0 Å². The molecule has 0 bridgehead atoms. The van der Waals surface area contributed by atoms with Gasteiger partial charge < -0.3 is 15.8 Å². The molecule has 2 rings (SSSR count). The lowest BCUT2D eigenvalue weighted by Gasteiger charge is -2.23. The number of rotatable bonds is 8. The zero-order chi connectivity index (χ0) is 20.0. The molecule has 142 valence electrons. The molecule has 0 fully saturated rings. The fraction of sp³-hybridized carbons (Fsp3) is 0.316. The molecule has 0 aliphatic heterocycles. The quantitative estimate of drug-likeness (QED) is 0.713. The number of hydrogen-bond donors (Lipinski definition) is 2. The Bertz CT molecular complexity index is 852. The second kappa shape index (κ2) is 9.31. The lowest BCUT2D eigenvalue weighted by atomic mass is 10.0. The van der Waals surface area contributed by atoms with Crippen LogP contribution in [-0.4, -0.2) is 16.9 Å². The minimum atomic E-state index is -0.600. The molecule has 0 aliphatic carbocycles. The number of amides is 1. The number of carbonyl (C=O) groups is 1. The van der Waals surface area contributed by atoms with E-state index in [0.29, 0.717) is 12.0 Å². The van der Waals surface area contributed by atoms with Crippen molar-refractivity contribution < 1.29 is 13.9 Å². The van der Waals surface area contributed by atoms with E-state index in [4.69, 9.17) is 27.3 Å². The monoisotopic (exact) mass is 390 g/mol. The predicted molar refractivity (Wildman–Crippen MR) is 99.9 cm³/mol. The normalized spacial score (nSPS) is 12.9. The van der Waals surface area contributed by atoms with Crippen molar-refractivity contribution in [3.63, 3.8) is 0 Å². The van der Waals surface area contributed by atoms with Gasteiger partial charge in [-0.25, -0.2) is 9.37 Å². The van der Waals surface area contributed by atoms with Gasteiger partial charge in [0, 0.05) is 24.1 Å². The van der Waals surface area contributed by atoms with E-state index in [2.05, 4.69) is 10.3 Å². The van der Waals surface area contributed by atoms with Crippen molar-refractivity contribution in [2.24, 2.45) is 5.73 Å². The number of nitrogens with one attached hydrogen (secondary N) is 1. The number of aromatic nitrogens is 1. The highest BCUT2D eigenvalue weighted by molar-refractivity contribution is 6.32. The zero-order valence-electron chi connectivity index (χ0n) is 15.0. The van der Waals surface area contributed by atoms with Gasteiger partial charge in [0.2, 0.25) is 5.91 Å². The Labute approximate surface area is 162 Å². The lowest BCUT2D eigenvalue weighted by molar-refractivity contribution is -0.118. The number of nitrogens with two attached hydrogens (primary N) is 1. The fourth-order valence-corrected chi connectivity index (χ4v) is 2.85. The number of hydrogen-bond acceptors (Lipinski definition) is 5. The number of halogens is 2. The first-order chi connectivity index (χ1) is 12.8. The van der Waals surface area contributed by atoms with Crippen LogP contribution in [0.4, 0.5) is 4.39 Å². The van der Waals surface area contributed by atoms with Crippen LogP contribution in [0.25, 0.3) is 0 Å². The Kier molecular flexibility index (Phi) is 7.11. The first-order valence-electron chi connectivity index (χ1n) is 8.41. The summed E-state index contributed by atoms with van der Waals surface area (Å²) in [5.41, 5.74) is 5.81. The molecular formula is C19H20ClFN4O2. The van der Waals surface area contributed by atoms with E-state index in [1.165, 1.54) is 18.3 Å². The molecular weight excluding hydrogens is 371 g/mol. The highest BCUT2D eigenvalue weighted by Gasteiger charge is 2.22. The maximum atomic E-state index is 15.1. The summed E-state index contributed by atoms with van der Waals surface area (Å²) in [6.07, 6.45) is 2.05. The number of pyridine rings is 1. The molecule has 0 spiro atoms. The third-order valence-corrected chi connectivity index (χ3v) is 4.22. The summed E-state index contributed by atoms with van der Waals surface area (Å²) in [7, 11) is 0. The SMILES string of the molecule is CC[C@@H](N[C@@H](C)CC(N)=O)c1ccc(Cl)c(Oc2ccc(C#N)nc2)c1F. The number of benzene rings is 1. The summed E-state index contributed by atoms with van der Waals surface area (Å²) in [6.45, 7) is 3.70.